The molecule has 0 aliphatic heterocycles. The van der Waals surface area contributed by atoms with Crippen LogP contribution in [0.4, 0.5) is 0 Å². The molecular weight excluding hydrogens is 332 g/mol. The zero-order chi connectivity index (χ0) is 17.8. The Labute approximate surface area is 149 Å². The fourth-order valence-electron chi connectivity index (χ4n) is 2.75. The number of rotatable bonds is 7. The first kappa shape index (κ1) is 16.3. The van der Waals surface area contributed by atoms with Crippen molar-refractivity contribution in [2.24, 2.45) is 0 Å². The van der Waals surface area contributed by atoms with E-state index in [1.165, 1.54) is 0 Å². The normalized spacial score (nSPS) is 11.1. The molecule has 2 aromatic carbocycles. The van der Waals surface area contributed by atoms with E-state index in [0.717, 1.165) is 29.4 Å². The molecule has 4 rings (SSSR count). The smallest absolute Gasteiger partial charge is 0.379 e. The summed E-state index contributed by atoms with van der Waals surface area (Å²) in [5.74, 6) is 1.08. The number of hydrogen-bond acceptors (Lipinski definition) is 5. The molecule has 0 radical (unpaired) electrons. The van der Waals surface area contributed by atoms with Gasteiger partial charge in [0.05, 0.1) is 19.5 Å². The van der Waals surface area contributed by atoms with Crippen LogP contribution in [0.3, 0.4) is 0 Å². The van der Waals surface area contributed by atoms with E-state index in [1.54, 1.807) is 18.4 Å². The van der Waals surface area contributed by atoms with Gasteiger partial charge in [0.25, 0.3) is 0 Å². The van der Waals surface area contributed by atoms with Crippen molar-refractivity contribution in [2.45, 2.75) is 12.8 Å². The molecule has 2 heterocycles. The van der Waals surface area contributed by atoms with Crippen molar-refractivity contribution >= 4 is 21.9 Å². The average Bonchev–Trinajstić information content (AvgIpc) is 3.11. The highest BCUT2D eigenvalue weighted by molar-refractivity contribution is 5.93. The number of fused-ring (bicyclic) bond motifs is 2. The standard InChI is InChI=1S/C21H18O5/c22-21-20(24-10-5-4-9-23-17-6-2-1-3-7-17)13-16-12-15-8-11-25-18(15)14-19(16)26-21/h1-3,6-8,11-14H,4-5,9-10H2. The van der Waals surface area contributed by atoms with E-state index >= 15 is 0 Å². The number of ether oxygens (including phenoxy) is 2. The van der Waals surface area contributed by atoms with Gasteiger partial charge in [-0.2, -0.15) is 0 Å². The maximum atomic E-state index is 12.1. The molecule has 4 aromatic rings. The first-order chi connectivity index (χ1) is 12.8. The lowest BCUT2D eigenvalue weighted by atomic mass is 10.2. The van der Waals surface area contributed by atoms with E-state index in [4.69, 9.17) is 18.3 Å². The van der Waals surface area contributed by atoms with Gasteiger partial charge in [-0.05, 0) is 43.2 Å². The molecule has 0 fully saturated rings. The SMILES string of the molecule is O=c1oc2cc3occc3cc2cc1OCCCCOc1ccccc1. The van der Waals surface area contributed by atoms with Crippen LogP contribution < -0.4 is 15.1 Å². The molecule has 0 amide bonds. The molecule has 5 heteroatoms. The molecule has 5 nitrogen and oxygen atoms in total. The van der Waals surface area contributed by atoms with Gasteiger partial charge in [0.15, 0.2) is 0 Å². The Morgan fingerprint density at radius 3 is 2.46 bits per heavy atom. The maximum absolute atomic E-state index is 12.1. The van der Waals surface area contributed by atoms with Gasteiger partial charge in [0.2, 0.25) is 5.75 Å². The third-order valence-electron chi connectivity index (χ3n) is 4.08. The van der Waals surface area contributed by atoms with Gasteiger partial charge in [-0.1, -0.05) is 18.2 Å². The predicted molar refractivity (Wildman–Crippen MR) is 98.9 cm³/mol. The van der Waals surface area contributed by atoms with Crippen molar-refractivity contribution in [2.75, 3.05) is 13.2 Å². The van der Waals surface area contributed by atoms with Gasteiger partial charge < -0.3 is 18.3 Å². The minimum absolute atomic E-state index is 0.226. The molecule has 0 spiro atoms. The summed E-state index contributed by atoms with van der Waals surface area (Å²) in [6.45, 7) is 1.04. The molecular formula is C21H18O5. The van der Waals surface area contributed by atoms with Crippen LogP contribution in [0.2, 0.25) is 0 Å². The minimum Gasteiger partial charge on any atom is -0.494 e. The van der Waals surface area contributed by atoms with E-state index in [0.29, 0.717) is 24.4 Å². The number of benzene rings is 2. The molecule has 0 unspecified atom stereocenters. The van der Waals surface area contributed by atoms with Gasteiger partial charge in [-0.3, -0.25) is 0 Å². The Kier molecular flexibility index (Phi) is 4.60. The van der Waals surface area contributed by atoms with E-state index in [1.807, 2.05) is 42.5 Å². The van der Waals surface area contributed by atoms with Crippen LogP contribution in [-0.2, 0) is 0 Å². The second-order valence-corrected chi connectivity index (χ2v) is 5.96. The molecule has 0 bridgehead atoms. The molecule has 0 N–H and O–H groups in total. The van der Waals surface area contributed by atoms with Gasteiger partial charge >= 0.3 is 5.63 Å². The first-order valence-corrected chi connectivity index (χ1v) is 8.55. The van der Waals surface area contributed by atoms with Crippen LogP contribution in [0.15, 0.2) is 74.5 Å². The summed E-state index contributed by atoms with van der Waals surface area (Å²) < 4.78 is 21.9. The van der Waals surface area contributed by atoms with Crippen LogP contribution in [0.1, 0.15) is 12.8 Å². The van der Waals surface area contributed by atoms with E-state index in [-0.39, 0.29) is 5.75 Å². The summed E-state index contributed by atoms with van der Waals surface area (Å²) in [5.41, 5.74) is 0.692. The molecule has 0 saturated carbocycles. The maximum Gasteiger partial charge on any atom is 0.379 e. The molecule has 2 aromatic heterocycles. The first-order valence-electron chi connectivity index (χ1n) is 8.55. The van der Waals surface area contributed by atoms with Gasteiger partial charge in [0.1, 0.15) is 16.9 Å². The Morgan fingerprint density at radius 2 is 1.62 bits per heavy atom. The zero-order valence-electron chi connectivity index (χ0n) is 14.1. The topological polar surface area (TPSA) is 61.8 Å². The molecule has 0 saturated heterocycles. The highest BCUT2D eigenvalue weighted by Gasteiger charge is 2.09. The second-order valence-electron chi connectivity index (χ2n) is 5.96. The van der Waals surface area contributed by atoms with Crippen LogP contribution in [0, 0.1) is 0 Å². The monoisotopic (exact) mass is 350 g/mol. The third kappa shape index (κ3) is 3.57. The van der Waals surface area contributed by atoms with Gasteiger partial charge in [-0.25, -0.2) is 4.79 Å². The second kappa shape index (κ2) is 7.35. The summed E-state index contributed by atoms with van der Waals surface area (Å²) in [5, 5.41) is 1.76. The number of furan rings is 1. The number of hydrogen-bond donors (Lipinski definition) is 0. The Morgan fingerprint density at radius 1 is 0.808 bits per heavy atom. The summed E-state index contributed by atoms with van der Waals surface area (Å²) in [6, 6.07) is 16.9. The van der Waals surface area contributed by atoms with Crippen LogP contribution >= 0.6 is 0 Å². The Balaban J connectivity index is 1.34. The number of unbranched alkanes of at least 4 members (excludes halogenated alkanes) is 1. The summed E-state index contributed by atoms with van der Waals surface area (Å²) >= 11 is 0. The fourth-order valence-corrected chi connectivity index (χ4v) is 2.75. The summed E-state index contributed by atoms with van der Waals surface area (Å²) in [6.07, 6.45) is 3.23. The third-order valence-corrected chi connectivity index (χ3v) is 4.08. The van der Waals surface area contributed by atoms with Crippen molar-refractivity contribution in [1.82, 2.24) is 0 Å². The zero-order valence-corrected chi connectivity index (χ0v) is 14.1. The lowest BCUT2D eigenvalue weighted by Gasteiger charge is -2.07. The molecule has 0 atom stereocenters. The quantitative estimate of drug-likeness (QED) is 0.355. The van der Waals surface area contributed by atoms with E-state index < -0.39 is 5.63 Å². The van der Waals surface area contributed by atoms with Crippen molar-refractivity contribution < 1.29 is 18.3 Å². The predicted octanol–water partition coefficient (Wildman–Crippen LogP) is 4.78. The lowest BCUT2D eigenvalue weighted by molar-refractivity contribution is 0.260. The minimum atomic E-state index is -0.482. The fraction of sp³-hybridized carbons (Fsp3) is 0.190. The van der Waals surface area contributed by atoms with Crippen LogP contribution in [0.25, 0.3) is 21.9 Å². The van der Waals surface area contributed by atoms with Crippen molar-refractivity contribution in [1.29, 1.82) is 0 Å². The molecule has 0 aliphatic carbocycles. The van der Waals surface area contributed by atoms with Crippen molar-refractivity contribution in [3.8, 4) is 11.5 Å². The van der Waals surface area contributed by atoms with E-state index in [9.17, 15) is 4.79 Å². The molecule has 26 heavy (non-hydrogen) atoms. The average molecular weight is 350 g/mol. The lowest BCUT2D eigenvalue weighted by Crippen LogP contribution is -2.09. The van der Waals surface area contributed by atoms with Crippen LogP contribution in [-0.4, -0.2) is 13.2 Å². The van der Waals surface area contributed by atoms with Crippen molar-refractivity contribution in [3.63, 3.8) is 0 Å². The molecule has 0 aliphatic rings. The number of para-hydroxylation sites is 1. The summed E-state index contributed by atoms with van der Waals surface area (Å²) in [4.78, 5) is 12.1. The van der Waals surface area contributed by atoms with Gasteiger partial charge in [0, 0.05) is 16.8 Å². The van der Waals surface area contributed by atoms with Gasteiger partial charge in [-0.15, -0.1) is 0 Å². The van der Waals surface area contributed by atoms with Crippen LogP contribution in [0.5, 0.6) is 11.5 Å². The Hall–Kier alpha value is -3.21. The van der Waals surface area contributed by atoms with Crippen molar-refractivity contribution in [3.05, 3.63) is 71.3 Å². The molecule has 132 valence electrons. The highest BCUT2D eigenvalue weighted by Crippen LogP contribution is 2.24. The highest BCUT2D eigenvalue weighted by atomic mass is 16.5. The summed E-state index contributed by atoms with van der Waals surface area (Å²) in [7, 11) is 0. The largest absolute Gasteiger partial charge is 0.494 e. The Bertz CT molecular complexity index is 1060. The van der Waals surface area contributed by atoms with E-state index in [2.05, 4.69) is 0 Å².